The minimum atomic E-state index is -0.972. The van der Waals surface area contributed by atoms with Crippen molar-refractivity contribution in [2.24, 2.45) is 0 Å². The Labute approximate surface area is 118 Å². The number of hydrogen-bond acceptors (Lipinski definition) is 6. The second-order valence-electron chi connectivity index (χ2n) is 4.29. The van der Waals surface area contributed by atoms with Gasteiger partial charge in [-0.1, -0.05) is 24.1 Å². The van der Waals surface area contributed by atoms with Gasteiger partial charge in [-0.15, -0.1) is 5.10 Å². The quantitative estimate of drug-likeness (QED) is 0.834. The summed E-state index contributed by atoms with van der Waals surface area (Å²) >= 11 is 0. The van der Waals surface area contributed by atoms with E-state index in [1.165, 1.54) is 12.1 Å². The van der Waals surface area contributed by atoms with Gasteiger partial charge in [0, 0.05) is 6.42 Å². The summed E-state index contributed by atoms with van der Waals surface area (Å²) in [5, 5.41) is 6.64. The summed E-state index contributed by atoms with van der Waals surface area (Å²) in [7, 11) is 0. The Hall–Kier alpha value is -3.03. The van der Waals surface area contributed by atoms with Crippen molar-refractivity contribution in [2.75, 3.05) is 0 Å². The molecule has 1 aromatic carbocycles. The van der Waals surface area contributed by atoms with E-state index in [9.17, 15) is 14.4 Å². The van der Waals surface area contributed by atoms with Crippen molar-refractivity contribution in [1.29, 1.82) is 0 Å². The molecule has 0 atom stereocenters. The monoisotopic (exact) mass is 286 g/mol. The van der Waals surface area contributed by atoms with E-state index in [-0.39, 0.29) is 17.0 Å². The fourth-order valence-electron chi connectivity index (χ4n) is 1.92. The molecule has 8 nitrogen and oxygen atoms in total. The van der Waals surface area contributed by atoms with Crippen LogP contribution in [0.4, 0.5) is 0 Å². The van der Waals surface area contributed by atoms with E-state index < -0.39 is 17.8 Å². The molecule has 106 valence electrons. The molecule has 0 saturated heterocycles. The summed E-state index contributed by atoms with van der Waals surface area (Å²) in [4.78, 5) is 44.6. The summed E-state index contributed by atoms with van der Waals surface area (Å²) in [5.74, 6) is -2.07. The first kappa shape index (κ1) is 13.0. The number of imide groups is 1. The maximum Gasteiger partial charge on any atom is 0.403 e. The highest BCUT2D eigenvalue weighted by Crippen LogP contribution is 2.22. The van der Waals surface area contributed by atoms with Gasteiger partial charge in [0.05, 0.1) is 11.1 Å². The highest BCUT2D eigenvalue weighted by Gasteiger charge is 2.39. The van der Waals surface area contributed by atoms with Crippen LogP contribution in [0.25, 0.3) is 0 Å². The molecule has 0 unspecified atom stereocenters. The number of nitrogens with one attached hydrogen (secondary N) is 1. The zero-order valence-corrected chi connectivity index (χ0v) is 11.0. The number of hydrogen-bond donors (Lipinski definition) is 1. The maximum absolute atomic E-state index is 12.0. The van der Waals surface area contributed by atoms with Crippen LogP contribution in [-0.2, 0) is 11.3 Å². The van der Waals surface area contributed by atoms with Gasteiger partial charge in [0.25, 0.3) is 17.6 Å². The predicted octanol–water partition coefficient (Wildman–Crippen LogP) is 0.735. The number of aryl methyl sites for hydroxylation is 1. The Morgan fingerprint density at radius 3 is 2.38 bits per heavy atom. The van der Waals surface area contributed by atoms with E-state index in [4.69, 9.17) is 4.84 Å². The number of carbonyl (C=O) groups excluding carboxylic acids is 3. The highest BCUT2D eigenvalue weighted by molar-refractivity contribution is 6.21. The number of aromatic amines is 1. The lowest BCUT2D eigenvalue weighted by molar-refractivity contribution is -0.0592. The molecule has 0 spiro atoms. The van der Waals surface area contributed by atoms with Gasteiger partial charge in [-0.25, -0.2) is 9.78 Å². The molecule has 2 heterocycles. The molecule has 2 aromatic rings. The molecule has 0 radical (unpaired) electrons. The fourth-order valence-corrected chi connectivity index (χ4v) is 1.92. The summed E-state index contributed by atoms with van der Waals surface area (Å²) in [6.45, 7) is 1.83. The molecule has 0 bridgehead atoms. The summed E-state index contributed by atoms with van der Waals surface area (Å²) < 4.78 is 0. The molecule has 1 aliphatic rings. The molecule has 8 heteroatoms. The zero-order valence-electron chi connectivity index (χ0n) is 11.0. The molecule has 0 fully saturated rings. The zero-order chi connectivity index (χ0) is 15.0. The number of amides is 2. The van der Waals surface area contributed by atoms with Crippen molar-refractivity contribution in [1.82, 2.24) is 20.2 Å². The van der Waals surface area contributed by atoms with Crippen LogP contribution in [0.1, 0.15) is 44.1 Å². The SMILES string of the molecule is CCc1nc(C(=O)ON2C(=O)c3ccccc3C2=O)n[nH]1. The Morgan fingerprint density at radius 1 is 1.24 bits per heavy atom. The lowest BCUT2D eigenvalue weighted by Gasteiger charge is -2.10. The minimum Gasteiger partial charge on any atom is -0.321 e. The Balaban J connectivity index is 1.82. The van der Waals surface area contributed by atoms with Crippen LogP contribution >= 0.6 is 0 Å². The van der Waals surface area contributed by atoms with Crippen LogP contribution in [0.3, 0.4) is 0 Å². The average molecular weight is 286 g/mol. The van der Waals surface area contributed by atoms with Gasteiger partial charge in [0.1, 0.15) is 5.82 Å². The third-order valence-electron chi connectivity index (χ3n) is 2.98. The molecule has 0 saturated carbocycles. The molecule has 21 heavy (non-hydrogen) atoms. The normalized spacial score (nSPS) is 13.5. The van der Waals surface area contributed by atoms with Gasteiger partial charge >= 0.3 is 5.97 Å². The number of hydroxylamine groups is 2. The van der Waals surface area contributed by atoms with Crippen LogP contribution in [0.15, 0.2) is 24.3 Å². The first-order valence-electron chi connectivity index (χ1n) is 6.23. The number of nitrogens with zero attached hydrogens (tertiary/aromatic N) is 3. The van der Waals surface area contributed by atoms with Crippen LogP contribution in [0.2, 0.25) is 0 Å². The smallest absolute Gasteiger partial charge is 0.321 e. The first-order chi connectivity index (χ1) is 10.1. The molecule has 2 amide bonds. The van der Waals surface area contributed by atoms with Gasteiger partial charge in [0.15, 0.2) is 0 Å². The van der Waals surface area contributed by atoms with E-state index >= 15 is 0 Å². The van der Waals surface area contributed by atoms with Crippen molar-refractivity contribution in [2.45, 2.75) is 13.3 Å². The molecule has 1 aromatic heterocycles. The van der Waals surface area contributed by atoms with E-state index in [0.717, 1.165) is 0 Å². The third-order valence-corrected chi connectivity index (χ3v) is 2.98. The van der Waals surface area contributed by atoms with Crippen LogP contribution in [-0.4, -0.2) is 38.0 Å². The second kappa shape index (κ2) is 4.82. The summed E-state index contributed by atoms with van der Waals surface area (Å²) in [6.07, 6.45) is 0.563. The molecule has 3 rings (SSSR count). The Kier molecular flexibility index (Phi) is 2.98. The number of H-pyrrole nitrogens is 1. The lowest BCUT2D eigenvalue weighted by atomic mass is 10.1. The van der Waals surface area contributed by atoms with Gasteiger partial charge in [-0.3, -0.25) is 14.7 Å². The molecular weight excluding hydrogens is 276 g/mol. The van der Waals surface area contributed by atoms with E-state index in [1.807, 2.05) is 6.92 Å². The minimum absolute atomic E-state index is 0.194. The van der Waals surface area contributed by atoms with Crippen molar-refractivity contribution >= 4 is 17.8 Å². The van der Waals surface area contributed by atoms with Gasteiger partial charge in [0.2, 0.25) is 0 Å². The molecular formula is C13H10N4O4. The van der Waals surface area contributed by atoms with E-state index in [1.54, 1.807) is 12.1 Å². The number of aromatic nitrogens is 3. The number of fused-ring (bicyclic) bond motifs is 1. The molecule has 1 aliphatic heterocycles. The Morgan fingerprint density at radius 2 is 1.86 bits per heavy atom. The van der Waals surface area contributed by atoms with Gasteiger partial charge in [-0.2, -0.15) is 0 Å². The van der Waals surface area contributed by atoms with Crippen molar-refractivity contribution < 1.29 is 19.2 Å². The van der Waals surface area contributed by atoms with Crippen molar-refractivity contribution in [3.05, 3.63) is 47.0 Å². The van der Waals surface area contributed by atoms with Gasteiger partial charge in [-0.05, 0) is 12.1 Å². The standard InChI is InChI=1S/C13H10N4O4/c1-2-9-14-10(16-15-9)13(20)21-17-11(18)7-5-3-4-6-8(7)12(17)19/h3-6H,2H2,1H3,(H,14,15,16). The van der Waals surface area contributed by atoms with E-state index in [2.05, 4.69) is 15.2 Å². The van der Waals surface area contributed by atoms with Crippen molar-refractivity contribution in [3.8, 4) is 0 Å². The topological polar surface area (TPSA) is 105 Å². The summed E-state index contributed by atoms with van der Waals surface area (Å²) in [6, 6.07) is 6.23. The molecule has 0 aliphatic carbocycles. The van der Waals surface area contributed by atoms with Crippen LogP contribution < -0.4 is 0 Å². The second-order valence-corrected chi connectivity index (χ2v) is 4.29. The fraction of sp³-hybridized carbons (Fsp3) is 0.154. The molecule has 1 N–H and O–H groups in total. The maximum atomic E-state index is 12.0. The number of benzene rings is 1. The van der Waals surface area contributed by atoms with Crippen molar-refractivity contribution in [3.63, 3.8) is 0 Å². The number of rotatable bonds is 3. The first-order valence-corrected chi connectivity index (χ1v) is 6.23. The lowest BCUT2D eigenvalue weighted by Crippen LogP contribution is -2.33. The Bertz CT molecular complexity index is 717. The van der Waals surface area contributed by atoms with E-state index in [0.29, 0.717) is 17.3 Å². The van der Waals surface area contributed by atoms with Crippen LogP contribution in [0.5, 0.6) is 0 Å². The summed E-state index contributed by atoms with van der Waals surface area (Å²) in [5.41, 5.74) is 0.388. The largest absolute Gasteiger partial charge is 0.403 e. The predicted molar refractivity (Wildman–Crippen MR) is 68.1 cm³/mol. The third kappa shape index (κ3) is 2.06. The number of carbonyl (C=O) groups is 3. The van der Waals surface area contributed by atoms with Gasteiger partial charge < -0.3 is 4.84 Å². The van der Waals surface area contributed by atoms with Crippen LogP contribution in [0, 0.1) is 0 Å². The average Bonchev–Trinajstić information content (AvgIpc) is 3.07. The highest BCUT2D eigenvalue weighted by atomic mass is 16.7.